The number of benzene rings is 1. The summed E-state index contributed by atoms with van der Waals surface area (Å²) in [5.41, 5.74) is -0.0929. The average molecular weight is 304 g/mol. The summed E-state index contributed by atoms with van der Waals surface area (Å²) in [5.74, 6) is -1.73. The zero-order valence-electron chi connectivity index (χ0n) is 6.67. The zero-order valence-corrected chi connectivity index (χ0v) is 9.83. The third kappa shape index (κ3) is 2.83. The maximum atomic E-state index is 13.3. The van der Waals surface area contributed by atoms with E-state index in [1.54, 1.807) is 0 Å². The van der Waals surface area contributed by atoms with Crippen molar-refractivity contribution in [2.24, 2.45) is 0 Å². The number of aromatic hydroxyl groups is 1. The molecule has 1 aromatic rings. The molecule has 3 nitrogen and oxygen atoms in total. The number of phenols is 1. The molecule has 1 aromatic carbocycles. The number of hydrogen-bond acceptors (Lipinski definition) is 3. The molecule has 0 aliphatic rings. The highest BCUT2D eigenvalue weighted by atomic mass is 79.9. The molecule has 0 heterocycles. The van der Waals surface area contributed by atoms with Crippen molar-refractivity contribution in [3.8, 4) is 5.75 Å². The lowest BCUT2D eigenvalue weighted by Gasteiger charge is -2.03. The molecule has 7 heteroatoms. The Labute approximate surface area is 93.1 Å². The normalized spacial score (nSPS) is 11.6. The van der Waals surface area contributed by atoms with E-state index in [-0.39, 0.29) is 15.8 Å². The van der Waals surface area contributed by atoms with Crippen LogP contribution in [0, 0.1) is 5.82 Å². The van der Waals surface area contributed by atoms with Crippen molar-refractivity contribution in [2.45, 2.75) is 5.75 Å². The second kappa shape index (κ2) is 4.04. The minimum atomic E-state index is -3.80. The molecule has 0 fully saturated rings. The Balaban J connectivity index is 3.19. The van der Waals surface area contributed by atoms with Crippen molar-refractivity contribution >= 4 is 35.7 Å². The molecule has 14 heavy (non-hydrogen) atoms. The molecule has 0 radical (unpaired) electrons. The Hall–Kier alpha value is -0.330. The summed E-state index contributed by atoms with van der Waals surface area (Å²) in [5, 5.41) is 9.05. The monoisotopic (exact) mass is 302 g/mol. The third-order valence-corrected chi connectivity index (χ3v) is 3.21. The highest BCUT2D eigenvalue weighted by Gasteiger charge is 2.15. The van der Waals surface area contributed by atoms with E-state index in [1.807, 2.05) is 0 Å². The number of rotatable bonds is 2. The predicted molar refractivity (Wildman–Crippen MR) is 54.2 cm³/mol. The first-order valence-corrected chi connectivity index (χ1v) is 6.66. The zero-order chi connectivity index (χ0) is 10.9. The van der Waals surface area contributed by atoms with Gasteiger partial charge in [0.25, 0.3) is 0 Å². The fourth-order valence-corrected chi connectivity index (χ4v) is 2.21. The van der Waals surface area contributed by atoms with Crippen molar-refractivity contribution in [3.05, 3.63) is 28.0 Å². The van der Waals surface area contributed by atoms with Gasteiger partial charge in [-0.1, -0.05) is 6.07 Å². The van der Waals surface area contributed by atoms with Crippen LogP contribution in [0.2, 0.25) is 0 Å². The van der Waals surface area contributed by atoms with Crippen LogP contribution in [0.5, 0.6) is 5.75 Å². The van der Waals surface area contributed by atoms with Crippen LogP contribution in [0.3, 0.4) is 0 Å². The number of hydrogen-bond donors (Lipinski definition) is 1. The van der Waals surface area contributed by atoms with Crippen LogP contribution >= 0.6 is 26.6 Å². The number of phenolic OH excluding ortho intramolecular Hbond substituents is 1. The standard InChI is InChI=1S/C7H5BrClFO3S/c8-6-5(11)2-1-4(7(6)10)3-14(9,12)13/h1-2,11H,3H2. The van der Waals surface area contributed by atoms with Crippen molar-refractivity contribution in [1.82, 2.24) is 0 Å². The molecule has 0 aliphatic heterocycles. The van der Waals surface area contributed by atoms with E-state index in [9.17, 15) is 12.8 Å². The summed E-state index contributed by atoms with van der Waals surface area (Å²) < 4.78 is 34.4. The third-order valence-electron chi connectivity index (χ3n) is 1.47. The smallest absolute Gasteiger partial charge is 0.236 e. The van der Waals surface area contributed by atoms with Gasteiger partial charge in [0.15, 0.2) is 0 Å². The Morgan fingerprint density at radius 3 is 2.57 bits per heavy atom. The SMILES string of the molecule is O=S(=O)(Cl)Cc1ccc(O)c(Br)c1F. The predicted octanol–water partition coefficient (Wildman–Crippen LogP) is 2.36. The topological polar surface area (TPSA) is 54.4 Å². The van der Waals surface area contributed by atoms with E-state index < -0.39 is 20.6 Å². The van der Waals surface area contributed by atoms with Crippen molar-refractivity contribution < 1.29 is 17.9 Å². The van der Waals surface area contributed by atoms with Crippen LogP contribution in [0.25, 0.3) is 0 Å². The molecule has 0 atom stereocenters. The van der Waals surface area contributed by atoms with Gasteiger partial charge in [-0.2, -0.15) is 0 Å². The first-order valence-electron chi connectivity index (χ1n) is 3.39. The van der Waals surface area contributed by atoms with Gasteiger partial charge in [-0.05, 0) is 22.0 Å². The minimum absolute atomic E-state index is 0.0929. The molecule has 0 amide bonds. The number of halogens is 3. The maximum absolute atomic E-state index is 13.3. The van der Waals surface area contributed by atoms with Gasteiger partial charge in [0.05, 0.1) is 10.2 Å². The van der Waals surface area contributed by atoms with Crippen LogP contribution in [0.1, 0.15) is 5.56 Å². The van der Waals surface area contributed by atoms with Crippen molar-refractivity contribution in [1.29, 1.82) is 0 Å². The van der Waals surface area contributed by atoms with Crippen molar-refractivity contribution in [2.75, 3.05) is 0 Å². The molecular weight excluding hydrogens is 298 g/mol. The molecule has 0 aromatic heterocycles. The molecule has 0 saturated heterocycles. The average Bonchev–Trinajstić information content (AvgIpc) is 2.04. The second-order valence-corrected chi connectivity index (χ2v) is 6.12. The van der Waals surface area contributed by atoms with Gasteiger partial charge in [-0.15, -0.1) is 0 Å². The van der Waals surface area contributed by atoms with Crippen LogP contribution in [-0.4, -0.2) is 13.5 Å². The summed E-state index contributed by atoms with van der Waals surface area (Å²) in [6, 6.07) is 2.35. The summed E-state index contributed by atoms with van der Waals surface area (Å²) in [6.45, 7) is 0. The molecule has 1 rings (SSSR count). The van der Waals surface area contributed by atoms with E-state index in [0.717, 1.165) is 6.07 Å². The molecular formula is C7H5BrClFO3S. The molecule has 0 saturated carbocycles. The van der Waals surface area contributed by atoms with Gasteiger partial charge >= 0.3 is 0 Å². The lowest BCUT2D eigenvalue weighted by molar-refractivity contribution is 0.463. The van der Waals surface area contributed by atoms with Gasteiger partial charge in [-0.3, -0.25) is 0 Å². The fraction of sp³-hybridized carbons (Fsp3) is 0.143. The van der Waals surface area contributed by atoms with Crippen LogP contribution < -0.4 is 0 Å². The lowest BCUT2D eigenvalue weighted by atomic mass is 10.2. The fourth-order valence-electron chi connectivity index (χ4n) is 0.876. The quantitative estimate of drug-likeness (QED) is 0.853. The highest BCUT2D eigenvalue weighted by molar-refractivity contribution is 9.10. The van der Waals surface area contributed by atoms with E-state index in [2.05, 4.69) is 15.9 Å². The van der Waals surface area contributed by atoms with E-state index in [1.165, 1.54) is 6.07 Å². The first kappa shape index (κ1) is 11.7. The van der Waals surface area contributed by atoms with E-state index in [4.69, 9.17) is 15.8 Å². The Bertz CT molecular complexity index is 460. The largest absolute Gasteiger partial charge is 0.507 e. The highest BCUT2D eigenvalue weighted by Crippen LogP contribution is 2.29. The molecule has 0 aliphatic carbocycles. The van der Waals surface area contributed by atoms with Crippen LogP contribution in [-0.2, 0) is 14.8 Å². The van der Waals surface area contributed by atoms with Crippen molar-refractivity contribution in [3.63, 3.8) is 0 Å². The Morgan fingerprint density at radius 2 is 2.07 bits per heavy atom. The van der Waals surface area contributed by atoms with E-state index >= 15 is 0 Å². The molecule has 0 bridgehead atoms. The van der Waals surface area contributed by atoms with E-state index in [0.29, 0.717) is 0 Å². The van der Waals surface area contributed by atoms with Gasteiger partial charge in [-0.25, -0.2) is 12.8 Å². The van der Waals surface area contributed by atoms with Crippen LogP contribution in [0.4, 0.5) is 4.39 Å². The molecule has 0 unspecified atom stereocenters. The van der Waals surface area contributed by atoms with Gasteiger partial charge in [0.2, 0.25) is 9.05 Å². The maximum Gasteiger partial charge on any atom is 0.236 e. The summed E-state index contributed by atoms with van der Waals surface area (Å²) in [4.78, 5) is 0. The molecule has 1 N–H and O–H groups in total. The van der Waals surface area contributed by atoms with Gasteiger partial charge in [0.1, 0.15) is 11.6 Å². The summed E-state index contributed by atoms with van der Waals surface area (Å²) in [6.07, 6.45) is 0. The summed E-state index contributed by atoms with van der Waals surface area (Å²) in [7, 11) is 1.16. The Kier molecular flexibility index (Phi) is 3.39. The minimum Gasteiger partial charge on any atom is -0.507 e. The molecule has 0 spiro atoms. The van der Waals surface area contributed by atoms with Crippen LogP contribution in [0.15, 0.2) is 16.6 Å². The molecule has 78 valence electrons. The first-order chi connectivity index (χ1) is 6.31. The second-order valence-electron chi connectivity index (χ2n) is 2.55. The summed E-state index contributed by atoms with van der Waals surface area (Å²) >= 11 is 2.77. The lowest BCUT2D eigenvalue weighted by Crippen LogP contribution is -1.98. The Morgan fingerprint density at radius 1 is 1.50 bits per heavy atom. The van der Waals surface area contributed by atoms with Gasteiger partial charge in [0, 0.05) is 16.2 Å². The van der Waals surface area contributed by atoms with Gasteiger partial charge < -0.3 is 5.11 Å².